The normalized spacial score (nSPS) is 0.800. The van der Waals surface area contributed by atoms with Gasteiger partial charge in [0.15, 0.2) is 0 Å². The van der Waals surface area contributed by atoms with Crippen molar-refractivity contribution in [2.24, 2.45) is 0 Å². The molecule has 0 saturated carbocycles. The summed E-state index contributed by atoms with van der Waals surface area (Å²) in [7, 11) is 0. The van der Waals surface area contributed by atoms with Crippen molar-refractivity contribution in [1.29, 1.82) is 21.0 Å². The van der Waals surface area contributed by atoms with Gasteiger partial charge in [-0.15, -0.1) is 0 Å². The summed E-state index contributed by atoms with van der Waals surface area (Å²) >= 11 is 0. The van der Waals surface area contributed by atoms with Crippen LogP contribution in [0.15, 0.2) is 0 Å². The molecule has 0 saturated heterocycles. The van der Waals surface area contributed by atoms with E-state index in [1.807, 2.05) is 0 Å². The molecule has 0 N–H and O–H groups in total. The van der Waals surface area contributed by atoms with Crippen molar-refractivity contribution in [3.63, 3.8) is 0 Å². The molecule has 0 heterocycles. The van der Waals surface area contributed by atoms with Gasteiger partial charge in [0.1, 0.15) is 0 Å². The van der Waals surface area contributed by atoms with Gasteiger partial charge in [-0.3, -0.25) is 0 Å². The molecular weight excluding hydrogens is 297 g/mol. The molecular formula is C4BaFeN4. The topological polar surface area (TPSA) is 95.2 Å². The van der Waals surface area contributed by atoms with Crippen LogP contribution in [0.25, 0.3) is 0 Å². The molecule has 46 valence electrons. The summed E-state index contributed by atoms with van der Waals surface area (Å²) in [5, 5.41) is 25.0. The smallest absolute Gasteiger partial charge is 0.512 e. The molecule has 0 amide bonds. The zero-order valence-electron chi connectivity index (χ0n) is 4.85. The van der Waals surface area contributed by atoms with Crippen LogP contribution in [0.4, 0.5) is 0 Å². The van der Waals surface area contributed by atoms with Gasteiger partial charge in [0.2, 0.25) is 0 Å². The first-order valence-corrected chi connectivity index (χ1v) is 0.894. The maximum atomic E-state index is 6.25. The second-order valence-corrected chi connectivity index (χ2v) is 0. The molecule has 0 atom stereocenters. The molecule has 10 heavy (non-hydrogen) atoms. The molecule has 6 heteroatoms. The molecule has 0 unspecified atom stereocenters. The van der Waals surface area contributed by atoms with E-state index in [4.69, 9.17) is 47.3 Å². The largest absolute Gasteiger partial charge is 2.00 e. The fourth-order valence-corrected chi connectivity index (χ4v) is 0. The second-order valence-electron chi connectivity index (χ2n) is 0. The van der Waals surface area contributed by atoms with E-state index in [9.17, 15) is 0 Å². The quantitative estimate of drug-likeness (QED) is 0.464. The first-order valence-electron chi connectivity index (χ1n) is 0.894. The first-order chi connectivity index (χ1) is 4.00. The summed E-state index contributed by atoms with van der Waals surface area (Å²) in [4.78, 5) is 0. The van der Waals surface area contributed by atoms with Gasteiger partial charge in [-0.05, 0) is 0 Å². The zero-order chi connectivity index (χ0) is 8.00. The molecule has 0 aliphatic heterocycles. The van der Waals surface area contributed by atoms with Gasteiger partial charge >= 0.3 is 65.9 Å². The van der Waals surface area contributed by atoms with Gasteiger partial charge in [-0.25, -0.2) is 0 Å². The molecule has 0 aliphatic carbocycles. The van der Waals surface area contributed by atoms with E-state index in [0.29, 0.717) is 0 Å². The standard InChI is InChI=1S/4CN.Ba.Fe/c4*1-2;;/q4*-1;2*+2. The minimum Gasteiger partial charge on any atom is -0.512 e. The Morgan fingerprint density at radius 1 is 0.500 bits per heavy atom. The van der Waals surface area contributed by atoms with Gasteiger partial charge in [0.05, 0.1) is 0 Å². The van der Waals surface area contributed by atoms with Crippen molar-refractivity contribution in [3.8, 4) is 0 Å². The van der Waals surface area contributed by atoms with Crippen LogP contribution in [0, 0.1) is 47.3 Å². The Kier molecular flexibility index (Phi) is 1140000. The monoisotopic (exact) mass is 298 g/mol. The molecule has 0 aliphatic rings. The maximum absolute atomic E-state index is 6.25. The molecule has 0 radical (unpaired) electrons. The molecule has 0 rings (SSSR count). The Balaban J connectivity index is -0.00000000500. The van der Waals surface area contributed by atoms with E-state index >= 15 is 0 Å². The molecule has 0 fully saturated rings. The number of hydrogen-bond acceptors (Lipinski definition) is 4. The van der Waals surface area contributed by atoms with Crippen LogP contribution in [0.2, 0.25) is 0 Å². The van der Waals surface area contributed by atoms with E-state index in [1.54, 1.807) is 0 Å². The predicted octanol–water partition coefficient (Wildman–Crippen LogP) is 0.00218. The molecule has 0 spiro atoms. The third-order valence-corrected chi connectivity index (χ3v) is 0. The van der Waals surface area contributed by atoms with E-state index in [1.165, 1.54) is 0 Å². The minimum atomic E-state index is 0. The third kappa shape index (κ3) is 154000. The summed E-state index contributed by atoms with van der Waals surface area (Å²) in [6.07, 6.45) is 0. The minimum absolute atomic E-state index is 0. The van der Waals surface area contributed by atoms with Crippen molar-refractivity contribution in [3.05, 3.63) is 26.3 Å². The first kappa shape index (κ1) is 50.2. The van der Waals surface area contributed by atoms with Crippen molar-refractivity contribution in [2.75, 3.05) is 0 Å². The Labute approximate surface area is 112 Å². The van der Waals surface area contributed by atoms with Gasteiger partial charge in [0.25, 0.3) is 0 Å². The average molecular weight is 297 g/mol. The van der Waals surface area contributed by atoms with Gasteiger partial charge in [0, 0.05) is 0 Å². The number of nitrogens with zero attached hydrogens (tertiary/aromatic N) is 4. The van der Waals surface area contributed by atoms with Crippen molar-refractivity contribution in [1.82, 2.24) is 0 Å². The van der Waals surface area contributed by atoms with E-state index in [0.717, 1.165) is 0 Å². The second kappa shape index (κ2) is 226000. The molecule has 0 aromatic heterocycles. The van der Waals surface area contributed by atoms with E-state index in [-0.39, 0.29) is 65.9 Å². The number of hydrogen-bond donors (Lipinski definition) is 0. The SMILES string of the molecule is [Ba+2].[C-]#N.[C-]#N.[C-]#N.[C-]#N.[Fe+2]. The molecule has 0 bridgehead atoms. The van der Waals surface area contributed by atoms with Crippen LogP contribution in [-0.4, -0.2) is 48.9 Å². The summed E-state index contributed by atoms with van der Waals surface area (Å²) in [5.41, 5.74) is 0. The molecule has 0 aromatic carbocycles. The average Bonchev–Trinajstić information content (AvgIpc) is 2.03. The van der Waals surface area contributed by atoms with Crippen molar-refractivity contribution >= 4 is 48.9 Å². The van der Waals surface area contributed by atoms with Crippen LogP contribution in [0.5, 0.6) is 0 Å². The van der Waals surface area contributed by atoms with Crippen molar-refractivity contribution in [2.45, 2.75) is 0 Å². The Morgan fingerprint density at radius 3 is 0.500 bits per heavy atom. The van der Waals surface area contributed by atoms with Crippen LogP contribution in [0.3, 0.4) is 0 Å². The van der Waals surface area contributed by atoms with Crippen LogP contribution >= 0.6 is 0 Å². The summed E-state index contributed by atoms with van der Waals surface area (Å²) in [5.74, 6) is 0. The fourth-order valence-electron chi connectivity index (χ4n) is 0. The van der Waals surface area contributed by atoms with E-state index in [2.05, 4.69) is 0 Å². The van der Waals surface area contributed by atoms with Crippen LogP contribution in [-0.2, 0) is 17.1 Å². The van der Waals surface area contributed by atoms with E-state index < -0.39 is 0 Å². The predicted molar refractivity (Wildman–Crippen MR) is 25.6 cm³/mol. The Morgan fingerprint density at radius 2 is 0.500 bits per heavy atom. The van der Waals surface area contributed by atoms with Crippen LogP contribution < -0.4 is 0 Å². The Hall–Kier alpha value is 0.0509. The molecule has 0 aromatic rings. The molecule has 4 nitrogen and oxygen atoms in total. The van der Waals surface area contributed by atoms with Gasteiger partial charge in [-0.1, -0.05) is 0 Å². The van der Waals surface area contributed by atoms with Gasteiger partial charge < -0.3 is 47.3 Å². The fraction of sp³-hybridized carbons (Fsp3) is 0. The van der Waals surface area contributed by atoms with Crippen molar-refractivity contribution < 1.29 is 17.1 Å². The number of rotatable bonds is 0. The van der Waals surface area contributed by atoms with Gasteiger partial charge in [-0.2, -0.15) is 0 Å². The van der Waals surface area contributed by atoms with Crippen LogP contribution in [0.1, 0.15) is 0 Å². The third-order valence-electron chi connectivity index (χ3n) is 0. The zero-order valence-corrected chi connectivity index (χ0v) is 10.4. The summed E-state index contributed by atoms with van der Waals surface area (Å²) < 4.78 is 0. The summed E-state index contributed by atoms with van der Waals surface area (Å²) in [6.45, 7) is 19.0. The maximum Gasteiger partial charge on any atom is 2.00 e. The summed E-state index contributed by atoms with van der Waals surface area (Å²) in [6, 6.07) is 0. The Bertz CT molecular complexity index is 60.2.